The van der Waals surface area contributed by atoms with Crippen LogP contribution >= 0.6 is 15.9 Å². The van der Waals surface area contributed by atoms with Gasteiger partial charge < -0.3 is 5.32 Å². The zero-order chi connectivity index (χ0) is 12.0. The number of carbonyl (C=O) groups excluding carboxylic acids is 1. The molecule has 1 amide bonds. The second kappa shape index (κ2) is 6.81. The zero-order valence-corrected chi connectivity index (χ0v) is 11.4. The lowest BCUT2D eigenvalue weighted by Gasteiger charge is -2.05. The zero-order valence-electron chi connectivity index (χ0n) is 9.03. The number of nitrogens with one attached hydrogen (secondary N) is 1. The predicted octanol–water partition coefficient (Wildman–Crippen LogP) is 1.49. The first-order chi connectivity index (χ1) is 7.59. The first kappa shape index (κ1) is 13.4. The van der Waals surface area contributed by atoms with Crippen LogP contribution in [-0.4, -0.2) is 28.7 Å². The molecule has 0 aliphatic carbocycles. The van der Waals surface area contributed by atoms with E-state index in [9.17, 15) is 9.00 Å². The molecule has 0 aliphatic rings. The summed E-state index contributed by atoms with van der Waals surface area (Å²) >= 11 is 3.39. The summed E-state index contributed by atoms with van der Waals surface area (Å²) < 4.78 is 11.7. The van der Waals surface area contributed by atoms with Gasteiger partial charge in [-0.05, 0) is 11.6 Å². The molecule has 16 heavy (non-hydrogen) atoms. The SMILES string of the molecule is CS(=O)CCNC(=O)Cc1ccccc1Br. The van der Waals surface area contributed by atoms with Gasteiger partial charge in [0.05, 0.1) is 6.42 Å². The second-order valence-electron chi connectivity index (χ2n) is 3.40. The van der Waals surface area contributed by atoms with Gasteiger partial charge in [0.1, 0.15) is 0 Å². The van der Waals surface area contributed by atoms with Gasteiger partial charge in [0, 0.05) is 33.8 Å². The molecule has 1 aromatic rings. The van der Waals surface area contributed by atoms with E-state index >= 15 is 0 Å². The van der Waals surface area contributed by atoms with Crippen molar-refractivity contribution in [3.05, 3.63) is 34.3 Å². The Balaban J connectivity index is 2.40. The smallest absolute Gasteiger partial charge is 0.224 e. The van der Waals surface area contributed by atoms with Crippen LogP contribution in [0.2, 0.25) is 0 Å². The minimum absolute atomic E-state index is 0.0441. The summed E-state index contributed by atoms with van der Waals surface area (Å²) in [6, 6.07) is 7.62. The summed E-state index contributed by atoms with van der Waals surface area (Å²) in [6.07, 6.45) is 1.97. The predicted molar refractivity (Wildman–Crippen MR) is 69.8 cm³/mol. The summed E-state index contributed by atoms with van der Waals surface area (Å²) in [7, 11) is -0.857. The standard InChI is InChI=1S/C11H14BrNO2S/c1-16(15)7-6-13-11(14)8-9-4-2-3-5-10(9)12/h2-5H,6-8H2,1H3,(H,13,14). The lowest BCUT2D eigenvalue weighted by Crippen LogP contribution is -2.28. The molecule has 1 atom stereocenters. The van der Waals surface area contributed by atoms with Crippen LogP contribution in [0.4, 0.5) is 0 Å². The minimum Gasteiger partial charge on any atom is -0.355 e. The Labute approximate surface area is 106 Å². The van der Waals surface area contributed by atoms with E-state index in [1.165, 1.54) is 0 Å². The molecule has 88 valence electrons. The minimum atomic E-state index is -0.857. The third-order valence-electron chi connectivity index (χ3n) is 2.02. The van der Waals surface area contributed by atoms with Gasteiger partial charge in [-0.2, -0.15) is 0 Å². The second-order valence-corrected chi connectivity index (χ2v) is 5.80. The molecule has 0 bridgehead atoms. The van der Waals surface area contributed by atoms with E-state index in [4.69, 9.17) is 0 Å². The maximum absolute atomic E-state index is 11.5. The van der Waals surface area contributed by atoms with Crippen LogP contribution in [0.15, 0.2) is 28.7 Å². The van der Waals surface area contributed by atoms with Crippen molar-refractivity contribution in [2.24, 2.45) is 0 Å². The Morgan fingerprint density at radius 3 is 2.75 bits per heavy atom. The lowest BCUT2D eigenvalue weighted by molar-refractivity contribution is -0.120. The highest BCUT2D eigenvalue weighted by Crippen LogP contribution is 2.15. The van der Waals surface area contributed by atoms with E-state index in [1.54, 1.807) is 6.26 Å². The van der Waals surface area contributed by atoms with Crippen molar-refractivity contribution in [3.63, 3.8) is 0 Å². The number of amides is 1. The molecule has 0 spiro atoms. The molecule has 0 saturated carbocycles. The maximum atomic E-state index is 11.5. The van der Waals surface area contributed by atoms with Crippen LogP contribution < -0.4 is 5.32 Å². The van der Waals surface area contributed by atoms with Crippen molar-refractivity contribution in [2.45, 2.75) is 6.42 Å². The molecule has 1 rings (SSSR count). The Morgan fingerprint density at radius 1 is 1.44 bits per heavy atom. The molecule has 0 heterocycles. The monoisotopic (exact) mass is 303 g/mol. The molecule has 0 fully saturated rings. The Morgan fingerprint density at radius 2 is 2.12 bits per heavy atom. The van der Waals surface area contributed by atoms with Gasteiger partial charge in [-0.15, -0.1) is 0 Å². The van der Waals surface area contributed by atoms with Crippen molar-refractivity contribution in [1.82, 2.24) is 5.32 Å². The number of hydrogen-bond acceptors (Lipinski definition) is 2. The largest absolute Gasteiger partial charge is 0.355 e. The summed E-state index contributed by atoms with van der Waals surface area (Å²) in [5.74, 6) is 0.458. The number of halogens is 1. The number of rotatable bonds is 5. The highest BCUT2D eigenvalue weighted by molar-refractivity contribution is 9.10. The van der Waals surface area contributed by atoms with Gasteiger partial charge in [0.15, 0.2) is 0 Å². The van der Waals surface area contributed by atoms with Crippen LogP contribution in [0.3, 0.4) is 0 Å². The van der Waals surface area contributed by atoms with Crippen molar-refractivity contribution in [2.75, 3.05) is 18.6 Å². The molecule has 3 nitrogen and oxygen atoms in total. The van der Waals surface area contributed by atoms with Gasteiger partial charge in [0.2, 0.25) is 5.91 Å². The average Bonchev–Trinajstić information content (AvgIpc) is 2.21. The van der Waals surface area contributed by atoms with Gasteiger partial charge in [-0.3, -0.25) is 9.00 Å². The Hall–Kier alpha value is -0.680. The van der Waals surface area contributed by atoms with Gasteiger partial charge in [-0.25, -0.2) is 0 Å². The summed E-state index contributed by atoms with van der Waals surface area (Å²) in [6.45, 7) is 0.465. The molecule has 0 aromatic heterocycles. The van der Waals surface area contributed by atoms with Crippen molar-refractivity contribution in [3.8, 4) is 0 Å². The number of hydrogen-bond donors (Lipinski definition) is 1. The number of benzene rings is 1. The van der Waals surface area contributed by atoms with Crippen LogP contribution in [0.1, 0.15) is 5.56 Å². The van der Waals surface area contributed by atoms with E-state index in [0.29, 0.717) is 18.7 Å². The van der Waals surface area contributed by atoms with Gasteiger partial charge in [-0.1, -0.05) is 34.1 Å². The molecule has 1 aromatic carbocycles. The molecule has 5 heteroatoms. The lowest BCUT2D eigenvalue weighted by atomic mass is 10.1. The van der Waals surface area contributed by atoms with Crippen molar-refractivity contribution in [1.29, 1.82) is 0 Å². The summed E-state index contributed by atoms with van der Waals surface area (Å²) in [5.41, 5.74) is 0.956. The number of carbonyl (C=O) groups is 1. The fourth-order valence-corrected chi connectivity index (χ4v) is 2.03. The van der Waals surface area contributed by atoms with E-state index in [1.807, 2.05) is 24.3 Å². The topological polar surface area (TPSA) is 46.2 Å². The van der Waals surface area contributed by atoms with Crippen LogP contribution in [0, 0.1) is 0 Å². The van der Waals surface area contributed by atoms with Crippen molar-refractivity contribution >= 4 is 32.6 Å². The quantitative estimate of drug-likeness (QED) is 0.896. The first-order valence-corrected chi connectivity index (χ1v) is 7.41. The highest BCUT2D eigenvalue weighted by atomic mass is 79.9. The van der Waals surface area contributed by atoms with Crippen LogP contribution in [-0.2, 0) is 22.0 Å². The van der Waals surface area contributed by atoms with Gasteiger partial charge >= 0.3 is 0 Å². The summed E-state index contributed by atoms with van der Waals surface area (Å²) in [4.78, 5) is 11.5. The van der Waals surface area contributed by atoms with Crippen molar-refractivity contribution < 1.29 is 9.00 Å². The molecule has 0 saturated heterocycles. The summed E-state index contributed by atoms with van der Waals surface area (Å²) in [5, 5.41) is 2.74. The molecule has 1 unspecified atom stereocenters. The first-order valence-electron chi connectivity index (χ1n) is 4.89. The highest BCUT2D eigenvalue weighted by Gasteiger charge is 2.05. The van der Waals surface area contributed by atoms with E-state index in [-0.39, 0.29) is 5.91 Å². The van der Waals surface area contributed by atoms with E-state index in [0.717, 1.165) is 10.0 Å². The van der Waals surface area contributed by atoms with Crippen LogP contribution in [0.5, 0.6) is 0 Å². The van der Waals surface area contributed by atoms with E-state index < -0.39 is 10.8 Å². The molecule has 0 aliphatic heterocycles. The van der Waals surface area contributed by atoms with Crippen LogP contribution in [0.25, 0.3) is 0 Å². The Bertz CT molecular complexity index is 395. The van der Waals surface area contributed by atoms with E-state index in [2.05, 4.69) is 21.2 Å². The maximum Gasteiger partial charge on any atom is 0.224 e. The third-order valence-corrected chi connectivity index (χ3v) is 3.57. The fourth-order valence-electron chi connectivity index (χ4n) is 1.21. The average molecular weight is 304 g/mol. The molecular formula is C11H14BrNO2S. The normalized spacial score (nSPS) is 12.1. The Kier molecular flexibility index (Phi) is 5.69. The third kappa shape index (κ3) is 4.90. The molecular weight excluding hydrogens is 290 g/mol. The van der Waals surface area contributed by atoms with Gasteiger partial charge in [0.25, 0.3) is 0 Å². The molecule has 1 N–H and O–H groups in total. The fraction of sp³-hybridized carbons (Fsp3) is 0.364. The molecule has 0 radical (unpaired) electrons.